The Balaban J connectivity index is 0. The normalized spacial score (nSPS) is 7.70. The first-order valence-electron chi connectivity index (χ1n) is 2.54. The Kier molecular flexibility index (Phi) is 10.1. The van der Waals surface area contributed by atoms with Gasteiger partial charge in [-0.25, -0.2) is 0 Å². The number of hydrogen-bond acceptors (Lipinski definition) is 3. The number of hydrogen-bond donors (Lipinski definition) is 1. The summed E-state index contributed by atoms with van der Waals surface area (Å²) >= 11 is 0. The van der Waals surface area contributed by atoms with Crippen LogP contribution in [-0.2, 0) is 14.3 Å². The van der Waals surface area contributed by atoms with Crippen LogP contribution in [0.15, 0.2) is 0 Å². The fraction of sp³-hybridized carbons (Fsp3) is 0.600. The molecule has 0 radical (unpaired) electrons. The number of ether oxygens (including phenoxy) is 1. The van der Waals surface area contributed by atoms with Gasteiger partial charge in [0, 0.05) is 0 Å². The molecular weight excluding hydrogens is 163 g/mol. The molecule has 0 rings (SSSR count). The van der Waals surface area contributed by atoms with E-state index in [1.54, 1.807) is 6.92 Å². The Morgan fingerprint density at radius 1 is 1.50 bits per heavy atom. The molecule has 10 heavy (non-hydrogen) atoms. The molecule has 0 aliphatic rings. The summed E-state index contributed by atoms with van der Waals surface area (Å²) in [7, 11) is 0. The summed E-state index contributed by atoms with van der Waals surface area (Å²) in [5, 5.41) is 8.01. The van der Waals surface area contributed by atoms with Crippen molar-refractivity contribution in [2.75, 3.05) is 6.61 Å². The van der Waals surface area contributed by atoms with Crippen LogP contribution in [0.4, 0.5) is 0 Å². The van der Waals surface area contributed by atoms with Gasteiger partial charge in [-0.1, -0.05) is 0 Å². The molecule has 0 bridgehead atoms. The van der Waals surface area contributed by atoms with E-state index in [-0.39, 0.29) is 58.0 Å². The molecule has 0 spiro atoms. The zero-order valence-corrected chi connectivity index (χ0v) is 5.09. The second-order valence-corrected chi connectivity index (χ2v) is 1.38. The zero-order valence-electron chi connectivity index (χ0n) is 5.09. The molecule has 0 unspecified atom stereocenters. The van der Waals surface area contributed by atoms with Crippen molar-refractivity contribution in [3.8, 4) is 0 Å². The van der Waals surface area contributed by atoms with Gasteiger partial charge in [0.15, 0.2) is 0 Å². The minimum absolute atomic E-state index is 0. The maximum atomic E-state index is 10.3. The van der Waals surface area contributed by atoms with Crippen LogP contribution in [-0.4, -0.2) is 75.0 Å². The standard InChI is InChI=1S/C5H8O4.K.H/c1-2-9-5(8)3-4(6)7;;/h2-3H2,1H3,(H,6,7);;. The molecule has 54 valence electrons. The topological polar surface area (TPSA) is 63.6 Å². The first-order chi connectivity index (χ1) is 4.16. The van der Waals surface area contributed by atoms with Crippen LogP contribution in [0.1, 0.15) is 13.3 Å². The van der Waals surface area contributed by atoms with Gasteiger partial charge in [-0.05, 0) is 6.92 Å². The van der Waals surface area contributed by atoms with Crippen molar-refractivity contribution < 1.29 is 19.4 Å². The summed E-state index contributed by atoms with van der Waals surface area (Å²) in [4.78, 5) is 20.0. The van der Waals surface area contributed by atoms with Gasteiger partial charge in [0.05, 0.1) is 6.61 Å². The number of carboxylic acids is 1. The van der Waals surface area contributed by atoms with E-state index in [0.717, 1.165) is 0 Å². The molecule has 0 heterocycles. The summed E-state index contributed by atoms with van der Waals surface area (Å²) in [5.41, 5.74) is 0. The fourth-order valence-electron chi connectivity index (χ4n) is 0.335. The van der Waals surface area contributed by atoms with Crippen molar-refractivity contribution in [1.82, 2.24) is 0 Å². The van der Waals surface area contributed by atoms with Gasteiger partial charge < -0.3 is 9.84 Å². The third-order valence-corrected chi connectivity index (χ3v) is 0.601. The Bertz CT molecular complexity index is 123. The van der Waals surface area contributed by atoms with Crippen LogP contribution in [0.5, 0.6) is 0 Å². The molecule has 4 nitrogen and oxygen atoms in total. The first-order valence-corrected chi connectivity index (χ1v) is 2.54. The van der Waals surface area contributed by atoms with Gasteiger partial charge in [0.2, 0.25) is 0 Å². The second-order valence-electron chi connectivity index (χ2n) is 1.38. The van der Waals surface area contributed by atoms with E-state index in [1.807, 2.05) is 0 Å². The third kappa shape index (κ3) is 8.58. The monoisotopic (exact) mass is 172 g/mol. The average molecular weight is 172 g/mol. The molecule has 0 amide bonds. The first kappa shape index (κ1) is 13.2. The van der Waals surface area contributed by atoms with Gasteiger partial charge in [0.1, 0.15) is 6.42 Å². The summed E-state index contributed by atoms with van der Waals surface area (Å²) in [5.74, 6) is -1.85. The molecule has 0 saturated carbocycles. The van der Waals surface area contributed by atoms with Crippen LogP contribution in [0.25, 0.3) is 0 Å². The molecule has 1 N–H and O–H groups in total. The van der Waals surface area contributed by atoms with E-state index in [4.69, 9.17) is 5.11 Å². The number of esters is 1. The molecule has 5 heteroatoms. The third-order valence-electron chi connectivity index (χ3n) is 0.601. The quantitative estimate of drug-likeness (QED) is 0.350. The molecule has 0 aliphatic carbocycles. The number of aliphatic carboxylic acids is 1. The molecule has 0 aromatic heterocycles. The maximum absolute atomic E-state index is 10.3. The van der Waals surface area contributed by atoms with Gasteiger partial charge in [-0.15, -0.1) is 0 Å². The Morgan fingerprint density at radius 3 is 2.30 bits per heavy atom. The van der Waals surface area contributed by atoms with Crippen LogP contribution in [0.2, 0.25) is 0 Å². The molecule has 0 aromatic rings. The number of carbonyl (C=O) groups is 2. The van der Waals surface area contributed by atoms with Crippen LogP contribution in [0.3, 0.4) is 0 Å². The Hall–Kier alpha value is 0.576. The Morgan fingerprint density at radius 2 is 2.00 bits per heavy atom. The van der Waals surface area contributed by atoms with Gasteiger partial charge >= 0.3 is 63.3 Å². The Labute approximate surface area is 101 Å². The average Bonchev–Trinajstić information content (AvgIpc) is 1.63. The van der Waals surface area contributed by atoms with E-state index in [1.165, 1.54) is 0 Å². The number of carboxylic acid groups (broad SMARTS) is 1. The van der Waals surface area contributed by atoms with Crippen molar-refractivity contribution in [3.05, 3.63) is 0 Å². The van der Waals surface area contributed by atoms with E-state index in [9.17, 15) is 9.59 Å². The van der Waals surface area contributed by atoms with Crippen molar-refractivity contribution in [2.45, 2.75) is 13.3 Å². The predicted octanol–water partition coefficient (Wildman–Crippen LogP) is -0.624. The molecule has 0 aliphatic heterocycles. The number of carbonyl (C=O) groups excluding carboxylic acids is 1. The predicted molar refractivity (Wildman–Crippen MR) is 36.0 cm³/mol. The summed E-state index contributed by atoms with van der Waals surface area (Å²) in [6.45, 7) is 1.85. The second kappa shape index (κ2) is 7.68. The van der Waals surface area contributed by atoms with Gasteiger partial charge in [0.25, 0.3) is 0 Å². The molecule has 0 saturated heterocycles. The van der Waals surface area contributed by atoms with E-state index in [0.29, 0.717) is 0 Å². The van der Waals surface area contributed by atoms with E-state index < -0.39 is 18.4 Å². The molecule has 0 atom stereocenters. The summed E-state index contributed by atoms with van der Waals surface area (Å²) in [6, 6.07) is 0. The molecule has 0 fully saturated rings. The van der Waals surface area contributed by atoms with E-state index >= 15 is 0 Å². The van der Waals surface area contributed by atoms with Crippen LogP contribution >= 0.6 is 0 Å². The van der Waals surface area contributed by atoms with Crippen molar-refractivity contribution >= 4 is 63.3 Å². The van der Waals surface area contributed by atoms with Crippen molar-refractivity contribution in [3.63, 3.8) is 0 Å². The minimum atomic E-state index is -1.16. The summed E-state index contributed by atoms with van der Waals surface area (Å²) < 4.78 is 4.33. The SMILES string of the molecule is CCOC(=O)CC(=O)O.[KH]. The van der Waals surface area contributed by atoms with Crippen molar-refractivity contribution in [1.29, 1.82) is 0 Å². The number of rotatable bonds is 3. The molecular formula is C5H9KO4. The molecule has 0 aromatic carbocycles. The summed E-state index contributed by atoms with van der Waals surface area (Å²) in [6.07, 6.45) is -0.548. The van der Waals surface area contributed by atoms with Crippen LogP contribution in [0, 0.1) is 0 Å². The zero-order chi connectivity index (χ0) is 7.28. The fourth-order valence-corrected chi connectivity index (χ4v) is 0.335. The van der Waals surface area contributed by atoms with E-state index in [2.05, 4.69) is 4.74 Å². The van der Waals surface area contributed by atoms with Crippen molar-refractivity contribution in [2.24, 2.45) is 0 Å². The van der Waals surface area contributed by atoms with Gasteiger partial charge in [-0.3, -0.25) is 9.59 Å². The van der Waals surface area contributed by atoms with Gasteiger partial charge in [-0.2, -0.15) is 0 Å². The van der Waals surface area contributed by atoms with Crippen LogP contribution < -0.4 is 0 Å².